The summed E-state index contributed by atoms with van der Waals surface area (Å²) in [5.74, 6) is -1.87. The number of nitrogens with zero attached hydrogens (tertiary/aromatic N) is 2. The zero-order valence-corrected chi connectivity index (χ0v) is 12.5. The van der Waals surface area contributed by atoms with E-state index in [0.717, 1.165) is 4.68 Å². The van der Waals surface area contributed by atoms with Gasteiger partial charge in [-0.1, -0.05) is 41.4 Å². The third kappa shape index (κ3) is 2.34. The Morgan fingerprint density at radius 1 is 1.09 bits per heavy atom. The van der Waals surface area contributed by atoms with Crippen LogP contribution >= 0.6 is 23.2 Å². The molecule has 0 unspecified atom stereocenters. The molecule has 3 rings (SSSR count). The quantitative estimate of drug-likeness (QED) is 0.774. The summed E-state index contributed by atoms with van der Waals surface area (Å²) < 4.78 is 0.849. The average Bonchev–Trinajstić information content (AvgIpc) is 2.86. The summed E-state index contributed by atoms with van der Waals surface area (Å²) >= 11 is 11.8. The first-order valence-corrected chi connectivity index (χ1v) is 6.95. The van der Waals surface area contributed by atoms with E-state index in [9.17, 15) is 14.7 Å². The third-order valence-electron chi connectivity index (χ3n) is 3.14. The number of halogens is 2. The van der Waals surface area contributed by atoms with E-state index in [1.807, 2.05) is 0 Å². The Labute approximate surface area is 134 Å². The Morgan fingerprint density at radius 2 is 1.82 bits per heavy atom. The monoisotopic (exact) mass is 334 g/mol. The van der Waals surface area contributed by atoms with Crippen LogP contribution in [-0.4, -0.2) is 26.8 Å². The summed E-state index contributed by atoms with van der Waals surface area (Å²) in [5, 5.41) is 14.4. The van der Waals surface area contributed by atoms with Gasteiger partial charge in [0, 0.05) is 10.4 Å². The van der Waals surface area contributed by atoms with Gasteiger partial charge >= 0.3 is 5.97 Å². The predicted molar refractivity (Wildman–Crippen MR) is 82.9 cm³/mol. The van der Waals surface area contributed by atoms with E-state index in [0.29, 0.717) is 15.9 Å². The van der Waals surface area contributed by atoms with Gasteiger partial charge in [0.15, 0.2) is 5.69 Å². The van der Waals surface area contributed by atoms with Crippen LogP contribution in [0.25, 0.3) is 10.9 Å². The molecule has 0 aliphatic heterocycles. The summed E-state index contributed by atoms with van der Waals surface area (Å²) in [6.07, 6.45) is 0. The Morgan fingerprint density at radius 3 is 2.50 bits per heavy atom. The van der Waals surface area contributed by atoms with Crippen molar-refractivity contribution in [1.29, 1.82) is 0 Å². The summed E-state index contributed by atoms with van der Waals surface area (Å²) in [4.78, 5) is 24.1. The predicted octanol–water partition coefficient (Wildman–Crippen LogP) is 3.73. The van der Waals surface area contributed by atoms with Gasteiger partial charge in [0.05, 0.1) is 16.1 Å². The third-order valence-corrected chi connectivity index (χ3v) is 3.68. The Hall–Kier alpha value is -2.37. The van der Waals surface area contributed by atoms with Crippen LogP contribution in [0.15, 0.2) is 42.5 Å². The fraction of sp³-hybridized carbons (Fsp3) is 0. The number of benzene rings is 2. The number of carboxylic acids is 1. The molecular weight excluding hydrogens is 327 g/mol. The smallest absolute Gasteiger partial charge is 0.355 e. The van der Waals surface area contributed by atoms with E-state index in [1.165, 1.54) is 18.2 Å². The zero-order valence-electron chi connectivity index (χ0n) is 11.0. The van der Waals surface area contributed by atoms with Crippen molar-refractivity contribution < 1.29 is 14.7 Å². The van der Waals surface area contributed by atoms with Crippen LogP contribution < -0.4 is 0 Å². The van der Waals surface area contributed by atoms with Crippen molar-refractivity contribution in [3.63, 3.8) is 0 Å². The van der Waals surface area contributed by atoms with Crippen molar-refractivity contribution in [2.24, 2.45) is 0 Å². The topological polar surface area (TPSA) is 72.2 Å². The maximum absolute atomic E-state index is 12.6. The van der Waals surface area contributed by atoms with Gasteiger partial charge < -0.3 is 5.11 Å². The van der Waals surface area contributed by atoms with Crippen LogP contribution in [0.3, 0.4) is 0 Å². The number of carboxylic acid groups (broad SMARTS) is 1. The van der Waals surface area contributed by atoms with E-state index in [-0.39, 0.29) is 16.3 Å². The molecule has 2 aromatic carbocycles. The van der Waals surface area contributed by atoms with Crippen LogP contribution in [0.1, 0.15) is 20.8 Å². The van der Waals surface area contributed by atoms with Crippen LogP contribution in [-0.2, 0) is 0 Å². The summed E-state index contributed by atoms with van der Waals surface area (Å²) in [6, 6.07) is 11.0. The van der Waals surface area contributed by atoms with Crippen molar-refractivity contribution in [1.82, 2.24) is 9.78 Å². The number of carbonyl (C=O) groups is 2. The molecule has 7 heteroatoms. The molecule has 0 amide bonds. The highest BCUT2D eigenvalue weighted by molar-refractivity contribution is 6.36. The number of aromatic nitrogens is 2. The number of aromatic carboxylic acids is 1. The molecule has 0 fully saturated rings. The lowest BCUT2D eigenvalue weighted by atomic mass is 10.2. The van der Waals surface area contributed by atoms with E-state index < -0.39 is 11.9 Å². The van der Waals surface area contributed by atoms with Crippen LogP contribution in [0.2, 0.25) is 10.0 Å². The highest BCUT2D eigenvalue weighted by Crippen LogP contribution is 2.24. The molecule has 0 bridgehead atoms. The molecule has 3 aromatic rings. The number of rotatable bonds is 2. The first kappa shape index (κ1) is 14.6. The zero-order chi connectivity index (χ0) is 15.9. The van der Waals surface area contributed by atoms with Crippen molar-refractivity contribution in [2.45, 2.75) is 0 Å². The van der Waals surface area contributed by atoms with Gasteiger partial charge in [0.25, 0.3) is 5.91 Å². The molecule has 0 radical (unpaired) electrons. The Kier molecular flexibility index (Phi) is 3.60. The standard InChI is InChI=1S/C15H8Cl2N2O3/c16-8-5-6-9(11(17)7-8)14(20)19-13(15(21)22)10-3-1-2-4-12(10)18-19/h1-7H,(H,21,22). The fourth-order valence-electron chi connectivity index (χ4n) is 2.16. The van der Waals surface area contributed by atoms with Crippen LogP contribution in [0.5, 0.6) is 0 Å². The summed E-state index contributed by atoms with van der Waals surface area (Å²) in [5.41, 5.74) is 0.339. The lowest BCUT2D eigenvalue weighted by Gasteiger charge is -2.05. The normalized spacial score (nSPS) is 10.8. The average molecular weight is 335 g/mol. The van der Waals surface area contributed by atoms with Gasteiger partial charge in [-0.05, 0) is 24.3 Å². The number of fused-ring (bicyclic) bond motifs is 1. The molecule has 0 saturated carbocycles. The second-order valence-corrected chi connectivity index (χ2v) is 5.36. The molecule has 1 heterocycles. The van der Waals surface area contributed by atoms with E-state index in [1.54, 1.807) is 24.3 Å². The lowest BCUT2D eigenvalue weighted by molar-refractivity contribution is 0.0675. The summed E-state index contributed by atoms with van der Waals surface area (Å²) in [6.45, 7) is 0. The highest BCUT2D eigenvalue weighted by Gasteiger charge is 2.24. The minimum atomic E-state index is -1.24. The largest absolute Gasteiger partial charge is 0.476 e. The van der Waals surface area contributed by atoms with Gasteiger partial charge in [0.2, 0.25) is 0 Å². The molecule has 5 nitrogen and oxygen atoms in total. The van der Waals surface area contributed by atoms with Crippen molar-refractivity contribution in [2.75, 3.05) is 0 Å². The maximum atomic E-state index is 12.6. The maximum Gasteiger partial charge on any atom is 0.355 e. The lowest BCUT2D eigenvalue weighted by Crippen LogP contribution is -2.19. The second kappa shape index (κ2) is 5.44. The molecule has 1 N–H and O–H groups in total. The molecule has 1 aromatic heterocycles. The first-order valence-electron chi connectivity index (χ1n) is 6.20. The van der Waals surface area contributed by atoms with Crippen LogP contribution in [0.4, 0.5) is 0 Å². The van der Waals surface area contributed by atoms with E-state index >= 15 is 0 Å². The number of carbonyl (C=O) groups excluding carboxylic acids is 1. The van der Waals surface area contributed by atoms with Crippen molar-refractivity contribution in [3.05, 3.63) is 63.8 Å². The molecule has 0 aliphatic rings. The van der Waals surface area contributed by atoms with Crippen LogP contribution in [0, 0.1) is 0 Å². The van der Waals surface area contributed by atoms with Gasteiger partial charge in [-0.3, -0.25) is 4.79 Å². The number of hydrogen-bond donors (Lipinski definition) is 1. The van der Waals surface area contributed by atoms with Gasteiger partial charge in [-0.15, -0.1) is 0 Å². The van der Waals surface area contributed by atoms with Gasteiger partial charge in [-0.25, -0.2) is 4.79 Å². The minimum absolute atomic E-state index is 0.126. The molecule has 0 atom stereocenters. The molecule has 110 valence electrons. The second-order valence-electron chi connectivity index (χ2n) is 4.51. The molecule has 22 heavy (non-hydrogen) atoms. The molecule has 0 spiro atoms. The Bertz CT molecular complexity index is 918. The SMILES string of the molecule is O=C(O)c1c2ccccc2nn1C(=O)c1ccc(Cl)cc1Cl. The van der Waals surface area contributed by atoms with Crippen molar-refractivity contribution >= 4 is 46.0 Å². The van der Waals surface area contributed by atoms with Crippen molar-refractivity contribution in [3.8, 4) is 0 Å². The minimum Gasteiger partial charge on any atom is -0.476 e. The Balaban J connectivity index is 2.23. The fourth-order valence-corrected chi connectivity index (χ4v) is 2.65. The summed E-state index contributed by atoms with van der Waals surface area (Å²) in [7, 11) is 0. The molecule has 0 aliphatic carbocycles. The van der Waals surface area contributed by atoms with E-state index in [4.69, 9.17) is 23.2 Å². The number of hydrogen-bond acceptors (Lipinski definition) is 3. The van der Waals surface area contributed by atoms with E-state index in [2.05, 4.69) is 5.10 Å². The van der Waals surface area contributed by atoms with Gasteiger partial charge in [-0.2, -0.15) is 9.78 Å². The first-order chi connectivity index (χ1) is 10.5. The van der Waals surface area contributed by atoms with Gasteiger partial charge in [0.1, 0.15) is 0 Å². The highest BCUT2D eigenvalue weighted by atomic mass is 35.5. The molecule has 0 saturated heterocycles. The molecular formula is C15H8Cl2N2O3.